The van der Waals surface area contributed by atoms with Crippen molar-refractivity contribution in [3.63, 3.8) is 0 Å². The summed E-state index contributed by atoms with van der Waals surface area (Å²) in [6, 6.07) is 9.65. The fourth-order valence-electron chi connectivity index (χ4n) is 3.38. The molecule has 1 aliphatic carbocycles. The first-order valence-electron chi connectivity index (χ1n) is 8.83. The Morgan fingerprint density at radius 1 is 1.21 bits per heavy atom. The highest BCUT2D eigenvalue weighted by Crippen LogP contribution is 2.41. The number of nitrogens with one attached hydrogen (secondary N) is 1. The first kappa shape index (κ1) is 15.2. The van der Waals surface area contributed by atoms with Gasteiger partial charge in [0.2, 0.25) is 5.91 Å². The summed E-state index contributed by atoms with van der Waals surface area (Å²) in [4.78, 5) is 14.4. The maximum absolute atomic E-state index is 12.5. The Bertz CT molecular complexity index is 707. The molecule has 24 heavy (non-hydrogen) atoms. The zero-order chi connectivity index (χ0) is 16.4. The van der Waals surface area contributed by atoms with E-state index in [1.165, 1.54) is 29.8 Å². The molecular weight excluding hydrogens is 302 g/mol. The van der Waals surface area contributed by atoms with Crippen LogP contribution in [0.5, 0.6) is 5.75 Å². The maximum atomic E-state index is 12.5. The van der Waals surface area contributed by atoms with Crippen molar-refractivity contribution in [1.82, 2.24) is 15.1 Å². The smallest absolute Gasteiger partial charge is 0.226 e. The SMILES string of the molecule is O=C(CCOc1ccccc1)N1CCc2[nH]nc(C3CC3)c2CC1. The van der Waals surface area contributed by atoms with E-state index in [4.69, 9.17) is 4.74 Å². The number of H-pyrrole nitrogens is 1. The van der Waals surface area contributed by atoms with Crippen LogP contribution in [-0.4, -0.2) is 40.7 Å². The fourth-order valence-corrected chi connectivity index (χ4v) is 3.38. The molecular formula is C19H23N3O2. The molecule has 1 aromatic carbocycles. The third-order valence-electron chi connectivity index (χ3n) is 4.89. The lowest BCUT2D eigenvalue weighted by atomic mass is 10.1. The second kappa shape index (κ2) is 6.67. The average Bonchev–Trinajstić information content (AvgIpc) is 3.41. The van der Waals surface area contributed by atoms with E-state index in [-0.39, 0.29) is 5.91 Å². The van der Waals surface area contributed by atoms with Crippen molar-refractivity contribution in [2.24, 2.45) is 0 Å². The molecule has 5 heteroatoms. The van der Waals surface area contributed by atoms with E-state index in [1.54, 1.807) is 0 Å². The van der Waals surface area contributed by atoms with Gasteiger partial charge in [0.05, 0.1) is 18.7 Å². The number of carbonyl (C=O) groups excluding carboxylic acids is 1. The number of aromatic nitrogens is 2. The Kier molecular flexibility index (Phi) is 4.24. The monoisotopic (exact) mass is 325 g/mol. The van der Waals surface area contributed by atoms with Crippen LogP contribution < -0.4 is 4.74 Å². The van der Waals surface area contributed by atoms with Crippen LogP contribution in [-0.2, 0) is 17.6 Å². The van der Waals surface area contributed by atoms with Crippen molar-refractivity contribution in [2.45, 2.75) is 38.0 Å². The number of hydrogen-bond donors (Lipinski definition) is 1. The molecule has 1 saturated carbocycles. The third-order valence-corrected chi connectivity index (χ3v) is 4.89. The lowest BCUT2D eigenvalue weighted by Gasteiger charge is -2.20. The molecule has 1 aliphatic heterocycles. The highest BCUT2D eigenvalue weighted by atomic mass is 16.5. The Balaban J connectivity index is 1.30. The van der Waals surface area contributed by atoms with Crippen molar-refractivity contribution in [1.29, 1.82) is 0 Å². The first-order chi connectivity index (χ1) is 11.8. The van der Waals surface area contributed by atoms with Gasteiger partial charge in [-0.1, -0.05) is 18.2 Å². The molecule has 0 radical (unpaired) electrons. The summed E-state index contributed by atoms with van der Waals surface area (Å²) >= 11 is 0. The molecule has 4 rings (SSSR count). The van der Waals surface area contributed by atoms with Crippen molar-refractivity contribution < 1.29 is 9.53 Å². The van der Waals surface area contributed by atoms with Crippen LogP contribution in [0.25, 0.3) is 0 Å². The van der Waals surface area contributed by atoms with Crippen molar-refractivity contribution in [3.05, 3.63) is 47.3 Å². The predicted octanol–water partition coefficient (Wildman–Crippen LogP) is 2.68. The number of carbonyl (C=O) groups is 1. The fraction of sp³-hybridized carbons (Fsp3) is 0.474. The van der Waals surface area contributed by atoms with Gasteiger partial charge < -0.3 is 9.64 Å². The van der Waals surface area contributed by atoms with Crippen LogP contribution in [0, 0.1) is 0 Å². The number of aromatic amines is 1. The lowest BCUT2D eigenvalue weighted by Crippen LogP contribution is -2.34. The summed E-state index contributed by atoms with van der Waals surface area (Å²) in [6.07, 6.45) is 4.74. The standard InChI is InChI=1S/C19H23N3O2/c23-18(10-13-24-15-4-2-1-3-5-15)22-11-8-16-17(9-12-22)20-21-19(16)14-6-7-14/h1-5,14H,6-13H2,(H,20,21). The highest BCUT2D eigenvalue weighted by Gasteiger charge is 2.31. The van der Waals surface area contributed by atoms with Crippen LogP contribution in [0.3, 0.4) is 0 Å². The minimum atomic E-state index is 0.178. The Morgan fingerprint density at radius 3 is 2.79 bits per heavy atom. The zero-order valence-corrected chi connectivity index (χ0v) is 13.8. The van der Waals surface area contributed by atoms with Crippen LogP contribution in [0.1, 0.15) is 42.1 Å². The van der Waals surface area contributed by atoms with Crippen LogP contribution >= 0.6 is 0 Å². The number of fused-ring (bicyclic) bond motifs is 1. The molecule has 0 bridgehead atoms. The first-order valence-corrected chi connectivity index (χ1v) is 8.83. The van der Waals surface area contributed by atoms with Crippen LogP contribution in [0.4, 0.5) is 0 Å². The predicted molar refractivity (Wildman–Crippen MR) is 91.1 cm³/mol. The van der Waals surface area contributed by atoms with Gasteiger partial charge in [0, 0.05) is 31.1 Å². The molecule has 126 valence electrons. The molecule has 2 aromatic rings. The summed E-state index contributed by atoms with van der Waals surface area (Å²) in [5.41, 5.74) is 3.85. The molecule has 5 nitrogen and oxygen atoms in total. The van der Waals surface area contributed by atoms with E-state index < -0.39 is 0 Å². The van der Waals surface area contributed by atoms with Gasteiger partial charge in [-0.05, 0) is 37.0 Å². The summed E-state index contributed by atoms with van der Waals surface area (Å²) in [7, 11) is 0. The minimum absolute atomic E-state index is 0.178. The molecule has 1 N–H and O–H groups in total. The number of amides is 1. The molecule has 1 amide bonds. The minimum Gasteiger partial charge on any atom is -0.493 e. The Morgan fingerprint density at radius 2 is 2.00 bits per heavy atom. The normalized spacial score (nSPS) is 17.2. The molecule has 1 fully saturated rings. The van der Waals surface area contributed by atoms with Gasteiger partial charge in [0.25, 0.3) is 0 Å². The Labute approximate surface area is 142 Å². The van der Waals surface area contributed by atoms with Gasteiger partial charge in [-0.3, -0.25) is 9.89 Å². The third kappa shape index (κ3) is 3.30. The number of nitrogens with zero attached hydrogens (tertiary/aromatic N) is 2. The molecule has 0 atom stereocenters. The van der Waals surface area contributed by atoms with Crippen molar-refractivity contribution >= 4 is 5.91 Å². The number of hydrogen-bond acceptors (Lipinski definition) is 3. The second-order valence-electron chi connectivity index (χ2n) is 6.63. The number of ether oxygens (including phenoxy) is 1. The highest BCUT2D eigenvalue weighted by molar-refractivity contribution is 5.76. The Hall–Kier alpha value is -2.30. The van der Waals surface area contributed by atoms with Crippen molar-refractivity contribution in [2.75, 3.05) is 19.7 Å². The van der Waals surface area contributed by atoms with Gasteiger partial charge in [-0.15, -0.1) is 0 Å². The van der Waals surface area contributed by atoms with E-state index in [1.807, 2.05) is 35.2 Å². The number of benzene rings is 1. The van der Waals surface area contributed by atoms with E-state index in [9.17, 15) is 4.79 Å². The van der Waals surface area contributed by atoms with Crippen molar-refractivity contribution in [3.8, 4) is 5.75 Å². The topological polar surface area (TPSA) is 58.2 Å². The summed E-state index contributed by atoms with van der Waals surface area (Å²) < 4.78 is 5.64. The second-order valence-corrected chi connectivity index (χ2v) is 6.63. The summed E-state index contributed by atoms with van der Waals surface area (Å²) in [5.74, 6) is 1.65. The molecule has 0 spiro atoms. The lowest BCUT2D eigenvalue weighted by molar-refractivity contribution is -0.131. The van der Waals surface area contributed by atoms with Gasteiger partial charge in [-0.2, -0.15) is 5.10 Å². The maximum Gasteiger partial charge on any atom is 0.226 e. The molecule has 2 aliphatic rings. The van der Waals surface area contributed by atoms with E-state index >= 15 is 0 Å². The van der Waals surface area contributed by atoms with Crippen LogP contribution in [0.15, 0.2) is 30.3 Å². The summed E-state index contributed by atoms with van der Waals surface area (Å²) in [6.45, 7) is 1.99. The molecule has 2 heterocycles. The van der Waals surface area contributed by atoms with Gasteiger partial charge in [0.1, 0.15) is 5.75 Å². The van der Waals surface area contributed by atoms with E-state index in [0.717, 1.165) is 31.7 Å². The quantitative estimate of drug-likeness (QED) is 0.919. The number of rotatable bonds is 5. The summed E-state index contributed by atoms with van der Waals surface area (Å²) in [5, 5.41) is 7.71. The largest absolute Gasteiger partial charge is 0.493 e. The van der Waals surface area contributed by atoms with Crippen LogP contribution in [0.2, 0.25) is 0 Å². The van der Waals surface area contributed by atoms with E-state index in [2.05, 4.69) is 10.2 Å². The molecule has 0 saturated heterocycles. The molecule has 1 aromatic heterocycles. The van der Waals surface area contributed by atoms with Gasteiger partial charge in [-0.25, -0.2) is 0 Å². The molecule has 0 unspecified atom stereocenters. The van der Waals surface area contributed by atoms with Gasteiger partial charge >= 0.3 is 0 Å². The van der Waals surface area contributed by atoms with E-state index in [0.29, 0.717) is 18.9 Å². The average molecular weight is 325 g/mol. The van der Waals surface area contributed by atoms with Gasteiger partial charge in [0.15, 0.2) is 0 Å². The number of para-hydroxylation sites is 1. The zero-order valence-electron chi connectivity index (χ0n) is 13.8.